The molecule has 2 nitrogen and oxygen atoms in total. The summed E-state index contributed by atoms with van der Waals surface area (Å²) in [5.41, 5.74) is 2.50. The van der Waals surface area contributed by atoms with Crippen LogP contribution in [0.25, 0.3) is 0 Å². The molecule has 0 spiro atoms. The first-order valence-electron chi connectivity index (χ1n) is 8.65. The van der Waals surface area contributed by atoms with Crippen molar-refractivity contribution in [3.63, 3.8) is 0 Å². The Morgan fingerprint density at radius 1 is 0.800 bits per heavy atom. The molecule has 104 valence electrons. The van der Waals surface area contributed by atoms with Crippen LogP contribution in [-0.2, 0) is 0 Å². The smallest absolute Gasteiger partial charge is 0.0602 e. The van der Waals surface area contributed by atoms with Gasteiger partial charge in [-0.3, -0.25) is 4.90 Å². The lowest BCUT2D eigenvalue weighted by Gasteiger charge is -2.38. The third kappa shape index (κ3) is 2.92. The summed E-state index contributed by atoms with van der Waals surface area (Å²) in [4.78, 5) is 3.98. The molecule has 0 unspecified atom stereocenters. The molecule has 0 amide bonds. The molecule has 1 aliphatic rings. The number of hydrogen-bond donors (Lipinski definition) is 0. The highest BCUT2D eigenvalue weighted by atomic mass is 15.3. The molecular weight excluding hydrogens is 244 g/mol. The quantitative estimate of drug-likeness (QED) is 0.845. The van der Waals surface area contributed by atoms with E-state index >= 15 is 0 Å². The van der Waals surface area contributed by atoms with Gasteiger partial charge in [0.05, 0.1) is 6.04 Å². The van der Waals surface area contributed by atoms with Crippen LogP contribution in [0.4, 0.5) is 0 Å². The average molecular weight is 269 g/mol. The highest BCUT2D eigenvalue weighted by molar-refractivity contribution is 5.31. The third-order valence-electron chi connectivity index (χ3n) is 3.91. The highest BCUT2D eigenvalue weighted by Gasteiger charge is 2.24. The average Bonchev–Trinajstić information content (AvgIpc) is 2.57. The van der Waals surface area contributed by atoms with Gasteiger partial charge in [0, 0.05) is 30.3 Å². The van der Waals surface area contributed by atoms with Crippen molar-refractivity contribution in [2.45, 2.75) is 6.04 Å². The largest absolute Gasteiger partial charge is 0.304 e. The number of benzene rings is 2. The van der Waals surface area contributed by atoms with E-state index < -0.39 is 6.98 Å². The minimum atomic E-state index is -1.99. The first-order valence-corrected chi connectivity index (χ1v) is 7.15. The van der Waals surface area contributed by atoms with Crippen molar-refractivity contribution < 1.29 is 4.11 Å². The maximum Gasteiger partial charge on any atom is 0.0602 e. The number of nitrogens with zero attached hydrogens (tertiary/aromatic N) is 2. The summed E-state index contributed by atoms with van der Waals surface area (Å²) in [6, 6.07) is 21.1. The zero-order chi connectivity index (χ0) is 16.3. The van der Waals surface area contributed by atoms with E-state index in [1.54, 1.807) is 4.90 Å². The van der Waals surface area contributed by atoms with E-state index in [-0.39, 0.29) is 6.04 Å². The summed E-state index contributed by atoms with van der Waals surface area (Å²) >= 11 is 0. The van der Waals surface area contributed by atoms with E-state index in [0.717, 1.165) is 13.1 Å². The summed E-state index contributed by atoms with van der Waals surface area (Å²) in [6.07, 6.45) is 0. The van der Waals surface area contributed by atoms with E-state index in [1.807, 2.05) is 12.1 Å². The van der Waals surface area contributed by atoms with Gasteiger partial charge in [0.1, 0.15) is 0 Å². The standard InChI is InChI=1S/C18H22N2/c1-19-12-14-20(15-13-19)18(16-8-4-2-5-9-16)17-10-6-3-7-11-17/h2-11,18H,12-15H2,1H3/i1D3. The van der Waals surface area contributed by atoms with Crippen LogP contribution in [0, 0.1) is 0 Å². The molecule has 0 radical (unpaired) electrons. The Morgan fingerprint density at radius 3 is 1.75 bits per heavy atom. The molecular formula is C18H22N2. The van der Waals surface area contributed by atoms with Crippen molar-refractivity contribution >= 4 is 0 Å². The van der Waals surface area contributed by atoms with Gasteiger partial charge in [-0.05, 0) is 18.1 Å². The molecule has 1 aliphatic heterocycles. The Kier molecular flexibility index (Phi) is 3.15. The number of rotatable bonds is 3. The second-order valence-electron chi connectivity index (χ2n) is 5.25. The predicted octanol–water partition coefficient (Wildman–Crippen LogP) is 3.02. The van der Waals surface area contributed by atoms with Crippen molar-refractivity contribution in [3.05, 3.63) is 71.8 Å². The zero-order valence-corrected chi connectivity index (χ0v) is 11.6. The first kappa shape index (κ1) is 10.1. The molecule has 1 saturated heterocycles. The SMILES string of the molecule is [2H]C([2H])([2H])N1CCN(C(c2ccccc2)c2ccccc2)CC1. The lowest BCUT2D eigenvalue weighted by Crippen LogP contribution is -2.46. The second kappa shape index (κ2) is 6.21. The van der Waals surface area contributed by atoms with Gasteiger partial charge in [0.25, 0.3) is 0 Å². The number of hydrogen-bond acceptors (Lipinski definition) is 2. The normalized spacial score (nSPS) is 20.4. The molecule has 0 saturated carbocycles. The zero-order valence-electron chi connectivity index (χ0n) is 14.6. The minimum Gasteiger partial charge on any atom is -0.304 e. The lowest BCUT2D eigenvalue weighted by atomic mass is 9.96. The fourth-order valence-corrected chi connectivity index (χ4v) is 2.86. The predicted molar refractivity (Wildman–Crippen MR) is 83.8 cm³/mol. The number of likely N-dealkylation sites (N-methyl/N-ethyl adjacent to an activating group) is 1. The van der Waals surface area contributed by atoms with Crippen LogP contribution in [-0.4, -0.2) is 43.0 Å². The van der Waals surface area contributed by atoms with E-state index in [2.05, 4.69) is 53.4 Å². The van der Waals surface area contributed by atoms with Gasteiger partial charge in [-0.25, -0.2) is 0 Å². The molecule has 1 fully saturated rings. The highest BCUT2D eigenvalue weighted by Crippen LogP contribution is 2.29. The second-order valence-corrected chi connectivity index (χ2v) is 5.25. The molecule has 1 heterocycles. The summed E-state index contributed by atoms with van der Waals surface area (Å²) in [5, 5.41) is 0. The molecule has 0 atom stereocenters. The number of piperazine rings is 1. The Balaban J connectivity index is 1.83. The summed E-state index contributed by atoms with van der Waals surface area (Å²) < 4.78 is 22.7. The van der Waals surface area contributed by atoms with Gasteiger partial charge >= 0.3 is 0 Å². The van der Waals surface area contributed by atoms with Crippen molar-refractivity contribution in [2.75, 3.05) is 33.2 Å². The molecule has 0 aliphatic carbocycles. The van der Waals surface area contributed by atoms with E-state index in [0.29, 0.717) is 13.1 Å². The van der Waals surface area contributed by atoms with Crippen molar-refractivity contribution in [3.8, 4) is 0 Å². The summed E-state index contributed by atoms with van der Waals surface area (Å²) in [5.74, 6) is 0. The summed E-state index contributed by atoms with van der Waals surface area (Å²) in [7, 11) is 0. The maximum atomic E-state index is 7.57. The maximum absolute atomic E-state index is 7.57. The third-order valence-corrected chi connectivity index (χ3v) is 3.91. The van der Waals surface area contributed by atoms with Gasteiger partial charge in [0.2, 0.25) is 0 Å². The fourth-order valence-electron chi connectivity index (χ4n) is 2.86. The molecule has 2 aromatic carbocycles. The Hall–Kier alpha value is -1.64. The van der Waals surface area contributed by atoms with Crippen LogP contribution in [0.5, 0.6) is 0 Å². The lowest BCUT2D eigenvalue weighted by molar-refractivity contribution is 0.127. The Labute approximate surface area is 125 Å². The summed E-state index contributed by atoms with van der Waals surface area (Å²) in [6.45, 7) is 0.681. The van der Waals surface area contributed by atoms with E-state index in [9.17, 15) is 0 Å². The van der Waals surface area contributed by atoms with Gasteiger partial charge in [-0.1, -0.05) is 60.7 Å². The van der Waals surface area contributed by atoms with Crippen LogP contribution < -0.4 is 0 Å². The van der Waals surface area contributed by atoms with Gasteiger partial charge in [0.15, 0.2) is 0 Å². The van der Waals surface area contributed by atoms with Crippen LogP contribution in [0.1, 0.15) is 21.3 Å². The van der Waals surface area contributed by atoms with Gasteiger partial charge < -0.3 is 4.90 Å². The molecule has 0 aromatic heterocycles. The van der Waals surface area contributed by atoms with Crippen molar-refractivity contribution in [1.82, 2.24) is 9.80 Å². The van der Waals surface area contributed by atoms with Gasteiger partial charge in [-0.2, -0.15) is 0 Å². The topological polar surface area (TPSA) is 6.48 Å². The molecule has 2 aromatic rings. The monoisotopic (exact) mass is 269 g/mol. The van der Waals surface area contributed by atoms with E-state index in [1.165, 1.54) is 11.1 Å². The fraction of sp³-hybridized carbons (Fsp3) is 0.333. The molecule has 0 bridgehead atoms. The minimum absolute atomic E-state index is 0.177. The van der Waals surface area contributed by atoms with Crippen LogP contribution in [0.3, 0.4) is 0 Å². The van der Waals surface area contributed by atoms with E-state index in [4.69, 9.17) is 4.11 Å². The molecule has 2 heteroatoms. The van der Waals surface area contributed by atoms with Gasteiger partial charge in [-0.15, -0.1) is 0 Å². The molecule has 0 N–H and O–H groups in total. The Bertz CT molecular complexity index is 566. The Morgan fingerprint density at radius 2 is 1.30 bits per heavy atom. The van der Waals surface area contributed by atoms with Crippen molar-refractivity contribution in [1.29, 1.82) is 0 Å². The van der Waals surface area contributed by atoms with Crippen LogP contribution in [0.2, 0.25) is 0 Å². The first-order chi connectivity index (χ1) is 11.1. The van der Waals surface area contributed by atoms with Crippen LogP contribution >= 0.6 is 0 Å². The molecule has 20 heavy (non-hydrogen) atoms. The van der Waals surface area contributed by atoms with Crippen LogP contribution in [0.15, 0.2) is 60.7 Å². The van der Waals surface area contributed by atoms with Crippen molar-refractivity contribution in [2.24, 2.45) is 0 Å². The molecule has 3 rings (SSSR count).